The number of anilines is 1. The summed E-state index contributed by atoms with van der Waals surface area (Å²) in [7, 11) is 1.67. The molecular formula is C18H26N2O. The van der Waals surface area contributed by atoms with Gasteiger partial charge in [0.05, 0.1) is 13.2 Å². The van der Waals surface area contributed by atoms with Gasteiger partial charge in [0.15, 0.2) is 0 Å². The van der Waals surface area contributed by atoms with Crippen molar-refractivity contribution in [1.82, 2.24) is 0 Å². The van der Waals surface area contributed by atoms with Crippen LogP contribution >= 0.6 is 0 Å². The minimum absolute atomic E-state index is 0.380. The van der Waals surface area contributed by atoms with Gasteiger partial charge in [-0.1, -0.05) is 33.3 Å². The lowest BCUT2D eigenvalue weighted by Gasteiger charge is -2.44. The number of nitrogens with one attached hydrogen (secondary N) is 1. The molecule has 21 heavy (non-hydrogen) atoms. The Hall–Kier alpha value is -1.69. The highest BCUT2D eigenvalue weighted by Gasteiger charge is 2.44. The van der Waals surface area contributed by atoms with E-state index in [2.05, 4.69) is 32.2 Å². The van der Waals surface area contributed by atoms with Crippen molar-refractivity contribution in [2.24, 2.45) is 17.8 Å². The van der Waals surface area contributed by atoms with Gasteiger partial charge in [-0.05, 0) is 42.7 Å². The maximum atomic E-state index is 9.92. The van der Waals surface area contributed by atoms with Gasteiger partial charge in [-0.3, -0.25) is 0 Å². The van der Waals surface area contributed by atoms with Crippen molar-refractivity contribution in [2.45, 2.75) is 45.6 Å². The Morgan fingerprint density at radius 3 is 2.76 bits per heavy atom. The molecule has 0 radical (unpaired) electrons. The van der Waals surface area contributed by atoms with E-state index in [-0.39, 0.29) is 0 Å². The highest BCUT2D eigenvalue weighted by atomic mass is 16.5. The second-order valence-electron chi connectivity index (χ2n) is 6.68. The molecule has 0 spiro atoms. The van der Waals surface area contributed by atoms with Crippen LogP contribution in [0.1, 0.15) is 40.0 Å². The Balaban J connectivity index is 2.31. The maximum absolute atomic E-state index is 9.92. The molecule has 3 nitrogen and oxygen atoms in total. The molecule has 0 saturated heterocycles. The fraction of sp³-hybridized carbons (Fsp3) is 0.611. The minimum atomic E-state index is -0.474. The van der Waals surface area contributed by atoms with Crippen molar-refractivity contribution in [1.29, 1.82) is 5.26 Å². The molecule has 1 aromatic carbocycles. The number of nitrogens with zero attached hydrogens (tertiary/aromatic N) is 1. The molecule has 0 bridgehead atoms. The highest BCUT2D eigenvalue weighted by molar-refractivity contribution is 5.52. The van der Waals surface area contributed by atoms with Crippen LogP contribution in [0.5, 0.6) is 5.75 Å². The SMILES string of the molecule is COc1cccc(NC2(C#N)CC(C)CCC2C(C)C)c1. The van der Waals surface area contributed by atoms with E-state index < -0.39 is 5.54 Å². The van der Waals surface area contributed by atoms with Crippen molar-refractivity contribution in [3.05, 3.63) is 24.3 Å². The van der Waals surface area contributed by atoms with Crippen LogP contribution in [-0.4, -0.2) is 12.6 Å². The third-order valence-corrected chi connectivity index (χ3v) is 4.72. The van der Waals surface area contributed by atoms with Gasteiger partial charge in [-0.25, -0.2) is 0 Å². The van der Waals surface area contributed by atoms with E-state index in [4.69, 9.17) is 4.74 Å². The zero-order chi connectivity index (χ0) is 15.5. The molecule has 0 aromatic heterocycles. The van der Waals surface area contributed by atoms with Crippen LogP contribution in [-0.2, 0) is 0 Å². The second kappa shape index (κ2) is 6.39. The number of hydrogen-bond donors (Lipinski definition) is 1. The molecule has 1 aliphatic rings. The summed E-state index contributed by atoms with van der Waals surface area (Å²) in [6.07, 6.45) is 3.24. The Bertz CT molecular complexity index is 520. The average Bonchev–Trinajstić information content (AvgIpc) is 2.47. The molecule has 3 heteroatoms. The molecule has 3 unspecified atom stereocenters. The lowest BCUT2D eigenvalue weighted by Crippen LogP contribution is -2.50. The first-order chi connectivity index (χ1) is 10.0. The standard InChI is InChI=1S/C18H26N2O/c1-13(2)17-9-8-14(3)11-18(17,12-19)20-15-6-5-7-16(10-15)21-4/h5-7,10,13-14,17,20H,8-9,11H2,1-4H3. The molecule has 0 amide bonds. The normalized spacial score (nSPS) is 29.0. The van der Waals surface area contributed by atoms with E-state index in [0.717, 1.165) is 24.3 Å². The predicted molar refractivity (Wildman–Crippen MR) is 86.3 cm³/mol. The summed E-state index contributed by atoms with van der Waals surface area (Å²) < 4.78 is 5.28. The maximum Gasteiger partial charge on any atom is 0.128 e. The first-order valence-electron chi connectivity index (χ1n) is 7.84. The summed E-state index contributed by atoms with van der Waals surface area (Å²) in [5.74, 6) is 2.27. The van der Waals surface area contributed by atoms with Gasteiger partial charge in [0, 0.05) is 11.8 Å². The van der Waals surface area contributed by atoms with Crippen LogP contribution in [0.25, 0.3) is 0 Å². The topological polar surface area (TPSA) is 45.0 Å². The Kier molecular flexibility index (Phi) is 4.77. The van der Waals surface area contributed by atoms with Crippen molar-refractivity contribution in [2.75, 3.05) is 12.4 Å². The van der Waals surface area contributed by atoms with E-state index in [9.17, 15) is 5.26 Å². The molecular weight excluding hydrogens is 260 g/mol. The molecule has 1 aromatic rings. The molecule has 2 rings (SSSR count). The van der Waals surface area contributed by atoms with Crippen LogP contribution < -0.4 is 10.1 Å². The number of nitriles is 1. The van der Waals surface area contributed by atoms with Gasteiger partial charge >= 0.3 is 0 Å². The van der Waals surface area contributed by atoms with E-state index in [0.29, 0.717) is 17.8 Å². The van der Waals surface area contributed by atoms with Crippen LogP contribution in [0, 0.1) is 29.1 Å². The number of methoxy groups -OCH3 is 1. The Labute approximate surface area is 128 Å². The molecule has 114 valence electrons. The summed E-state index contributed by atoms with van der Waals surface area (Å²) in [5.41, 5.74) is 0.494. The molecule has 0 heterocycles. The van der Waals surface area contributed by atoms with Crippen molar-refractivity contribution >= 4 is 5.69 Å². The summed E-state index contributed by atoms with van der Waals surface area (Å²) in [6, 6.07) is 10.5. The Morgan fingerprint density at radius 1 is 1.38 bits per heavy atom. The van der Waals surface area contributed by atoms with Gasteiger partial charge < -0.3 is 10.1 Å². The van der Waals surface area contributed by atoms with Gasteiger partial charge in [-0.2, -0.15) is 5.26 Å². The van der Waals surface area contributed by atoms with Crippen LogP contribution in [0.2, 0.25) is 0 Å². The molecule has 0 aliphatic heterocycles. The quantitative estimate of drug-likeness (QED) is 0.888. The van der Waals surface area contributed by atoms with E-state index in [1.807, 2.05) is 24.3 Å². The Morgan fingerprint density at radius 2 is 2.14 bits per heavy atom. The fourth-order valence-corrected chi connectivity index (χ4v) is 3.67. The predicted octanol–water partition coefficient (Wildman–Crippen LogP) is 4.46. The first-order valence-corrected chi connectivity index (χ1v) is 7.84. The zero-order valence-corrected chi connectivity index (χ0v) is 13.5. The largest absolute Gasteiger partial charge is 0.497 e. The molecule has 1 fully saturated rings. The molecule has 1 aliphatic carbocycles. The lowest BCUT2D eigenvalue weighted by molar-refractivity contribution is 0.167. The molecule has 1 N–H and O–H groups in total. The van der Waals surface area contributed by atoms with Crippen molar-refractivity contribution in [3.63, 3.8) is 0 Å². The lowest BCUT2D eigenvalue weighted by atomic mass is 9.65. The van der Waals surface area contributed by atoms with Crippen molar-refractivity contribution < 1.29 is 4.74 Å². The summed E-state index contributed by atoms with van der Waals surface area (Å²) >= 11 is 0. The van der Waals surface area contributed by atoms with Crippen LogP contribution in [0.4, 0.5) is 5.69 Å². The van der Waals surface area contributed by atoms with Gasteiger partial charge in [0.1, 0.15) is 11.3 Å². The number of rotatable bonds is 4. The second-order valence-corrected chi connectivity index (χ2v) is 6.68. The summed E-state index contributed by atoms with van der Waals surface area (Å²) in [4.78, 5) is 0. The van der Waals surface area contributed by atoms with Crippen molar-refractivity contribution in [3.8, 4) is 11.8 Å². The monoisotopic (exact) mass is 286 g/mol. The van der Waals surface area contributed by atoms with E-state index >= 15 is 0 Å². The van der Waals surface area contributed by atoms with Gasteiger partial charge in [-0.15, -0.1) is 0 Å². The summed E-state index contributed by atoms with van der Waals surface area (Å²) in [5, 5.41) is 13.5. The molecule has 3 atom stereocenters. The van der Waals surface area contributed by atoms with E-state index in [1.165, 1.54) is 6.42 Å². The third-order valence-electron chi connectivity index (χ3n) is 4.72. The molecule has 1 saturated carbocycles. The van der Waals surface area contributed by atoms with Crippen LogP contribution in [0.3, 0.4) is 0 Å². The third kappa shape index (κ3) is 3.32. The number of benzene rings is 1. The van der Waals surface area contributed by atoms with E-state index in [1.54, 1.807) is 7.11 Å². The minimum Gasteiger partial charge on any atom is -0.497 e. The average molecular weight is 286 g/mol. The first kappa shape index (κ1) is 15.7. The van der Waals surface area contributed by atoms with Crippen LogP contribution in [0.15, 0.2) is 24.3 Å². The van der Waals surface area contributed by atoms with Gasteiger partial charge in [0.2, 0.25) is 0 Å². The number of ether oxygens (including phenoxy) is 1. The van der Waals surface area contributed by atoms with Gasteiger partial charge in [0.25, 0.3) is 0 Å². The number of hydrogen-bond acceptors (Lipinski definition) is 3. The fourth-order valence-electron chi connectivity index (χ4n) is 3.67. The highest BCUT2D eigenvalue weighted by Crippen LogP contribution is 2.43. The summed E-state index contributed by atoms with van der Waals surface area (Å²) in [6.45, 7) is 6.69. The zero-order valence-electron chi connectivity index (χ0n) is 13.5. The smallest absolute Gasteiger partial charge is 0.128 e.